The summed E-state index contributed by atoms with van der Waals surface area (Å²) < 4.78 is 10.3. The molecule has 0 unspecified atom stereocenters. The molecule has 0 radical (unpaired) electrons. The van der Waals surface area contributed by atoms with Crippen LogP contribution in [0.25, 0.3) is 0 Å². The first-order chi connectivity index (χ1) is 11.5. The number of hydrazone groups is 1. The van der Waals surface area contributed by atoms with Gasteiger partial charge in [0.2, 0.25) is 0 Å². The van der Waals surface area contributed by atoms with Gasteiger partial charge in [-0.15, -0.1) is 0 Å². The number of hydrogen-bond acceptors (Lipinski definition) is 5. The number of anilines is 1. The number of ether oxygens (including phenoxy) is 2. The quantitative estimate of drug-likeness (QED) is 0.439. The number of rotatable bonds is 5. The van der Waals surface area contributed by atoms with Crippen molar-refractivity contribution < 1.29 is 14.6 Å². The summed E-state index contributed by atoms with van der Waals surface area (Å²) in [4.78, 5) is 0. The second-order valence-corrected chi connectivity index (χ2v) is 5.29. The van der Waals surface area contributed by atoms with E-state index in [1.165, 1.54) is 0 Å². The maximum atomic E-state index is 9.93. The zero-order chi connectivity index (χ0) is 17.5. The van der Waals surface area contributed by atoms with Crippen molar-refractivity contribution in [1.29, 1.82) is 0 Å². The Balaban J connectivity index is 2.05. The topological polar surface area (TPSA) is 75.1 Å². The molecular formula is C17H19N3O3S. The summed E-state index contributed by atoms with van der Waals surface area (Å²) in [6, 6.07) is 12.3. The van der Waals surface area contributed by atoms with Gasteiger partial charge in [-0.25, -0.2) is 0 Å². The Morgan fingerprint density at radius 2 is 1.79 bits per heavy atom. The predicted octanol–water partition coefficient (Wildman–Crippen LogP) is 3.12. The van der Waals surface area contributed by atoms with Crippen molar-refractivity contribution in [2.75, 3.05) is 19.5 Å². The Morgan fingerprint density at radius 1 is 1.08 bits per heavy atom. The van der Waals surface area contributed by atoms with Gasteiger partial charge in [-0.3, -0.25) is 5.43 Å². The highest BCUT2D eigenvalue weighted by molar-refractivity contribution is 7.80. The molecule has 2 aromatic rings. The van der Waals surface area contributed by atoms with Crippen molar-refractivity contribution >= 4 is 28.7 Å². The third-order valence-corrected chi connectivity index (χ3v) is 3.44. The van der Waals surface area contributed by atoms with E-state index < -0.39 is 0 Å². The Morgan fingerprint density at radius 3 is 2.50 bits per heavy atom. The Hall–Kier alpha value is -2.80. The van der Waals surface area contributed by atoms with Crippen LogP contribution in [0.1, 0.15) is 12.5 Å². The molecular weight excluding hydrogens is 326 g/mol. The molecule has 0 bridgehead atoms. The van der Waals surface area contributed by atoms with E-state index in [-0.39, 0.29) is 5.75 Å². The van der Waals surface area contributed by atoms with E-state index in [9.17, 15) is 5.11 Å². The first-order valence-electron chi connectivity index (χ1n) is 7.16. The van der Waals surface area contributed by atoms with Gasteiger partial charge in [0.15, 0.2) is 5.11 Å². The van der Waals surface area contributed by atoms with Gasteiger partial charge in [0, 0.05) is 17.3 Å². The van der Waals surface area contributed by atoms with E-state index in [1.807, 2.05) is 24.3 Å². The number of benzene rings is 2. The smallest absolute Gasteiger partial charge is 0.191 e. The van der Waals surface area contributed by atoms with E-state index in [1.54, 1.807) is 39.3 Å². The number of nitrogens with one attached hydrogen (secondary N) is 2. The van der Waals surface area contributed by atoms with Crippen LogP contribution in [0.5, 0.6) is 17.2 Å². The molecule has 0 aliphatic rings. The SMILES string of the molecule is COc1cccc(NC(=S)N/N=C(\C)c2cc(OC)ccc2O)c1. The molecule has 0 saturated carbocycles. The number of methoxy groups -OCH3 is 2. The summed E-state index contributed by atoms with van der Waals surface area (Å²) in [6.07, 6.45) is 0. The van der Waals surface area contributed by atoms with E-state index in [0.717, 1.165) is 11.4 Å². The van der Waals surface area contributed by atoms with Crippen molar-refractivity contribution in [3.63, 3.8) is 0 Å². The molecule has 126 valence electrons. The average molecular weight is 345 g/mol. The summed E-state index contributed by atoms with van der Waals surface area (Å²) in [6.45, 7) is 1.76. The van der Waals surface area contributed by atoms with E-state index >= 15 is 0 Å². The van der Waals surface area contributed by atoms with Crippen LogP contribution < -0.4 is 20.2 Å². The van der Waals surface area contributed by atoms with Gasteiger partial charge in [-0.05, 0) is 49.5 Å². The van der Waals surface area contributed by atoms with Gasteiger partial charge in [0.25, 0.3) is 0 Å². The number of thiocarbonyl (C=S) groups is 1. The molecule has 2 aromatic carbocycles. The molecule has 0 heterocycles. The average Bonchev–Trinajstić information content (AvgIpc) is 2.60. The minimum absolute atomic E-state index is 0.116. The minimum Gasteiger partial charge on any atom is -0.507 e. The number of phenols is 1. The summed E-state index contributed by atoms with van der Waals surface area (Å²) in [7, 11) is 3.16. The molecule has 24 heavy (non-hydrogen) atoms. The first kappa shape index (κ1) is 17.6. The van der Waals surface area contributed by atoms with Gasteiger partial charge < -0.3 is 19.9 Å². The van der Waals surface area contributed by atoms with Crippen LogP contribution in [-0.2, 0) is 0 Å². The summed E-state index contributed by atoms with van der Waals surface area (Å²) >= 11 is 5.21. The van der Waals surface area contributed by atoms with Gasteiger partial charge in [0.1, 0.15) is 17.2 Å². The minimum atomic E-state index is 0.116. The molecule has 7 heteroatoms. The number of aromatic hydroxyl groups is 1. The predicted molar refractivity (Wildman–Crippen MR) is 99.2 cm³/mol. The van der Waals surface area contributed by atoms with Crippen LogP contribution in [-0.4, -0.2) is 30.2 Å². The third-order valence-electron chi connectivity index (χ3n) is 3.25. The molecule has 0 spiro atoms. The molecule has 0 saturated heterocycles. The largest absolute Gasteiger partial charge is 0.507 e. The molecule has 3 N–H and O–H groups in total. The number of nitrogens with zero attached hydrogens (tertiary/aromatic N) is 1. The van der Waals surface area contributed by atoms with Gasteiger partial charge in [-0.2, -0.15) is 5.10 Å². The molecule has 0 aliphatic carbocycles. The zero-order valence-electron chi connectivity index (χ0n) is 13.7. The Kier molecular flexibility index (Phi) is 5.97. The summed E-state index contributed by atoms with van der Waals surface area (Å²) in [5, 5.41) is 17.4. The maximum absolute atomic E-state index is 9.93. The highest BCUT2D eigenvalue weighted by Crippen LogP contribution is 2.23. The fourth-order valence-corrected chi connectivity index (χ4v) is 2.15. The third kappa shape index (κ3) is 4.60. The zero-order valence-corrected chi connectivity index (χ0v) is 14.5. The standard InChI is InChI=1S/C17H19N3O3S/c1-11(15-10-14(23-3)7-8-16(15)21)19-20-17(24)18-12-5-4-6-13(9-12)22-2/h4-10,21H,1-3H3,(H2,18,20,24)/b19-11+. The summed E-state index contributed by atoms with van der Waals surface area (Å²) in [5.74, 6) is 1.48. The second kappa shape index (κ2) is 8.16. The fraction of sp³-hybridized carbons (Fsp3) is 0.176. The molecule has 6 nitrogen and oxygen atoms in total. The molecule has 2 rings (SSSR count). The van der Waals surface area contributed by atoms with Crippen molar-refractivity contribution in [2.24, 2.45) is 5.10 Å². The van der Waals surface area contributed by atoms with E-state index in [2.05, 4.69) is 15.8 Å². The second-order valence-electron chi connectivity index (χ2n) is 4.88. The van der Waals surface area contributed by atoms with Crippen molar-refractivity contribution in [1.82, 2.24) is 5.43 Å². The number of phenolic OH excluding ortho intramolecular Hbond substituents is 1. The van der Waals surface area contributed by atoms with Gasteiger partial charge in [-0.1, -0.05) is 6.07 Å². The van der Waals surface area contributed by atoms with Gasteiger partial charge in [0.05, 0.1) is 19.9 Å². The highest BCUT2D eigenvalue weighted by Gasteiger charge is 2.07. The first-order valence-corrected chi connectivity index (χ1v) is 7.57. The molecule has 0 fully saturated rings. The molecule has 0 atom stereocenters. The lowest BCUT2D eigenvalue weighted by Crippen LogP contribution is -2.25. The monoisotopic (exact) mass is 345 g/mol. The summed E-state index contributed by atoms with van der Waals surface area (Å²) in [5.41, 5.74) is 4.66. The van der Waals surface area contributed by atoms with Crippen LogP contribution in [0.2, 0.25) is 0 Å². The van der Waals surface area contributed by atoms with Crippen LogP contribution >= 0.6 is 12.2 Å². The number of hydrogen-bond donors (Lipinski definition) is 3. The molecule has 0 aliphatic heterocycles. The lowest BCUT2D eigenvalue weighted by atomic mass is 10.1. The van der Waals surface area contributed by atoms with Crippen LogP contribution in [0.3, 0.4) is 0 Å². The fourth-order valence-electron chi connectivity index (χ4n) is 1.99. The Bertz CT molecular complexity index is 762. The van der Waals surface area contributed by atoms with Gasteiger partial charge >= 0.3 is 0 Å². The lowest BCUT2D eigenvalue weighted by Gasteiger charge is -2.10. The highest BCUT2D eigenvalue weighted by atomic mass is 32.1. The Labute approximate surface area is 146 Å². The van der Waals surface area contributed by atoms with Crippen LogP contribution in [0.4, 0.5) is 5.69 Å². The van der Waals surface area contributed by atoms with Crippen molar-refractivity contribution in [3.8, 4) is 17.2 Å². The lowest BCUT2D eigenvalue weighted by molar-refractivity contribution is 0.412. The molecule has 0 aromatic heterocycles. The van der Waals surface area contributed by atoms with Crippen molar-refractivity contribution in [2.45, 2.75) is 6.92 Å². The molecule has 0 amide bonds. The van der Waals surface area contributed by atoms with Crippen LogP contribution in [0.15, 0.2) is 47.6 Å². The van der Waals surface area contributed by atoms with E-state index in [0.29, 0.717) is 22.1 Å². The maximum Gasteiger partial charge on any atom is 0.191 e. The van der Waals surface area contributed by atoms with E-state index in [4.69, 9.17) is 21.7 Å². The normalized spacial score (nSPS) is 10.9. The van der Waals surface area contributed by atoms with Crippen LogP contribution in [0, 0.1) is 0 Å². The van der Waals surface area contributed by atoms with Crippen molar-refractivity contribution in [3.05, 3.63) is 48.0 Å².